The summed E-state index contributed by atoms with van der Waals surface area (Å²) < 4.78 is 0.995. The van der Waals surface area contributed by atoms with Crippen molar-refractivity contribution in [3.8, 4) is 0 Å². The molecule has 0 amide bonds. The first-order chi connectivity index (χ1) is 10.2. The Balaban J connectivity index is 1.63. The molecular weight excluding hydrogens is 330 g/mol. The number of hydrogen-bond acceptors (Lipinski definition) is 4. The zero-order valence-corrected chi connectivity index (χ0v) is 13.2. The van der Waals surface area contributed by atoms with Crippen LogP contribution in [0, 0.1) is 5.92 Å². The molecule has 108 valence electrons. The SMILES string of the molecule is O=C(c1ccc(Br)cc1)C1CCN(c2ncccn2)CC1. The summed E-state index contributed by atoms with van der Waals surface area (Å²) in [5, 5.41) is 0. The number of anilines is 1. The van der Waals surface area contributed by atoms with Gasteiger partial charge in [0.15, 0.2) is 5.78 Å². The van der Waals surface area contributed by atoms with E-state index in [0.717, 1.165) is 41.9 Å². The smallest absolute Gasteiger partial charge is 0.225 e. The van der Waals surface area contributed by atoms with Crippen LogP contribution in [-0.2, 0) is 0 Å². The maximum atomic E-state index is 12.5. The van der Waals surface area contributed by atoms with Gasteiger partial charge < -0.3 is 4.90 Å². The van der Waals surface area contributed by atoms with E-state index in [-0.39, 0.29) is 11.7 Å². The number of hydrogen-bond donors (Lipinski definition) is 0. The molecule has 1 aromatic heterocycles. The lowest BCUT2D eigenvalue weighted by molar-refractivity contribution is 0.0900. The Hall–Kier alpha value is -1.75. The molecule has 2 heterocycles. The minimum absolute atomic E-state index is 0.103. The number of ketones is 1. The van der Waals surface area contributed by atoms with Crippen LogP contribution in [0.4, 0.5) is 5.95 Å². The van der Waals surface area contributed by atoms with Crippen molar-refractivity contribution in [2.45, 2.75) is 12.8 Å². The van der Waals surface area contributed by atoms with E-state index in [9.17, 15) is 4.79 Å². The average Bonchev–Trinajstić information content (AvgIpc) is 2.56. The number of rotatable bonds is 3. The van der Waals surface area contributed by atoms with Gasteiger partial charge in [0.2, 0.25) is 5.95 Å². The first-order valence-corrected chi connectivity index (χ1v) is 7.85. The summed E-state index contributed by atoms with van der Waals surface area (Å²) in [4.78, 5) is 23.2. The number of carbonyl (C=O) groups is 1. The second-order valence-electron chi connectivity index (χ2n) is 5.18. The molecule has 0 unspecified atom stereocenters. The number of piperidine rings is 1. The van der Waals surface area contributed by atoms with Crippen molar-refractivity contribution in [3.63, 3.8) is 0 Å². The highest BCUT2D eigenvalue weighted by Gasteiger charge is 2.26. The van der Waals surface area contributed by atoms with Crippen LogP contribution < -0.4 is 4.90 Å². The van der Waals surface area contributed by atoms with Gasteiger partial charge in [-0.15, -0.1) is 0 Å². The minimum atomic E-state index is 0.103. The lowest BCUT2D eigenvalue weighted by Gasteiger charge is -2.31. The van der Waals surface area contributed by atoms with Crippen molar-refractivity contribution in [2.24, 2.45) is 5.92 Å². The van der Waals surface area contributed by atoms with Gasteiger partial charge in [0, 0.05) is 41.4 Å². The van der Waals surface area contributed by atoms with E-state index in [4.69, 9.17) is 0 Å². The predicted molar refractivity (Wildman–Crippen MR) is 85.4 cm³/mol. The molecule has 0 N–H and O–H groups in total. The second kappa shape index (κ2) is 6.35. The number of nitrogens with zero attached hydrogens (tertiary/aromatic N) is 3. The summed E-state index contributed by atoms with van der Waals surface area (Å²) in [6.07, 6.45) is 5.21. The minimum Gasteiger partial charge on any atom is -0.341 e. The van der Waals surface area contributed by atoms with Crippen LogP contribution in [0.15, 0.2) is 47.2 Å². The molecule has 1 aromatic carbocycles. The summed E-state index contributed by atoms with van der Waals surface area (Å²) >= 11 is 3.39. The Bertz CT molecular complexity index is 607. The molecular formula is C16H16BrN3O. The van der Waals surface area contributed by atoms with E-state index in [1.807, 2.05) is 30.3 Å². The van der Waals surface area contributed by atoms with Gasteiger partial charge in [0.1, 0.15) is 0 Å². The second-order valence-corrected chi connectivity index (χ2v) is 6.10. The summed E-state index contributed by atoms with van der Waals surface area (Å²) in [7, 11) is 0. The predicted octanol–water partition coefficient (Wildman–Crippen LogP) is 3.34. The Morgan fingerprint density at radius 1 is 1.10 bits per heavy atom. The summed E-state index contributed by atoms with van der Waals surface area (Å²) in [5.74, 6) is 1.11. The fourth-order valence-electron chi connectivity index (χ4n) is 2.65. The van der Waals surface area contributed by atoms with Crippen molar-refractivity contribution in [1.82, 2.24) is 9.97 Å². The van der Waals surface area contributed by atoms with Crippen molar-refractivity contribution in [2.75, 3.05) is 18.0 Å². The molecule has 1 aliphatic rings. The standard InChI is InChI=1S/C16H16BrN3O/c17-14-4-2-12(3-5-14)15(21)13-6-10-20(11-7-13)16-18-8-1-9-19-16/h1-5,8-9,13H,6-7,10-11H2. The fourth-order valence-corrected chi connectivity index (χ4v) is 2.91. The van der Waals surface area contributed by atoms with Crippen LogP contribution in [0.1, 0.15) is 23.2 Å². The Labute approximate surface area is 132 Å². The van der Waals surface area contributed by atoms with Gasteiger partial charge in [-0.25, -0.2) is 9.97 Å². The highest BCUT2D eigenvalue weighted by Crippen LogP contribution is 2.24. The van der Waals surface area contributed by atoms with E-state index in [2.05, 4.69) is 30.8 Å². The Morgan fingerprint density at radius 2 is 1.71 bits per heavy atom. The van der Waals surface area contributed by atoms with E-state index < -0.39 is 0 Å². The normalized spacial score (nSPS) is 16.0. The third-order valence-corrected chi connectivity index (χ3v) is 4.36. The molecule has 0 saturated carbocycles. The summed E-state index contributed by atoms with van der Waals surface area (Å²) in [6, 6.07) is 9.42. The molecule has 4 nitrogen and oxygen atoms in total. The quantitative estimate of drug-likeness (QED) is 0.800. The van der Waals surface area contributed by atoms with Crippen LogP contribution in [0.2, 0.25) is 0 Å². The zero-order valence-electron chi connectivity index (χ0n) is 11.6. The maximum Gasteiger partial charge on any atom is 0.225 e. The Morgan fingerprint density at radius 3 is 2.33 bits per heavy atom. The van der Waals surface area contributed by atoms with Crippen molar-refractivity contribution < 1.29 is 4.79 Å². The molecule has 1 aliphatic heterocycles. The van der Waals surface area contributed by atoms with E-state index >= 15 is 0 Å². The molecule has 0 bridgehead atoms. The largest absolute Gasteiger partial charge is 0.341 e. The average molecular weight is 346 g/mol. The molecule has 1 saturated heterocycles. The third-order valence-electron chi connectivity index (χ3n) is 3.83. The van der Waals surface area contributed by atoms with Crippen molar-refractivity contribution >= 4 is 27.7 Å². The van der Waals surface area contributed by atoms with Crippen LogP contribution in [0.3, 0.4) is 0 Å². The van der Waals surface area contributed by atoms with E-state index in [1.165, 1.54) is 0 Å². The first-order valence-electron chi connectivity index (χ1n) is 7.06. The van der Waals surface area contributed by atoms with Crippen LogP contribution in [0.5, 0.6) is 0 Å². The maximum absolute atomic E-state index is 12.5. The molecule has 5 heteroatoms. The van der Waals surface area contributed by atoms with Gasteiger partial charge in [-0.3, -0.25) is 4.79 Å². The summed E-state index contributed by atoms with van der Waals surface area (Å²) in [5.41, 5.74) is 0.799. The molecule has 0 atom stereocenters. The molecule has 1 fully saturated rings. The van der Waals surface area contributed by atoms with Gasteiger partial charge >= 0.3 is 0 Å². The molecule has 0 aliphatic carbocycles. The van der Waals surface area contributed by atoms with Crippen molar-refractivity contribution in [1.29, 1.82) is 0 Å². The lowest BCUT2D eigenvalue weighted by Crippen LogP contribution is -2.37. The van der Waals surface area contributed by atoms with Crippen LogP contribution in [0.25, 0.3) is 0 Å². The van der Waals surface area contributed by atoms with Crippen LogP contribution >= 0.6 is 15.9 Å². The Kier molecular flexibility index (Phi) is 4.29. The lowest BCUT2D eigenvalue weighted by atomic mass is 9.89. The monoisotopic (exact) mass is 345 g/mol. The highest BCUT2D eigenvalue weighted by molar-refractivity contribution is 9.10. The van der Waals surface area contributed by atoms with E-state index in [0.29, 0.717) is 0 Å². The molecule has 21 heavy (non-hydrogen) atoms. The van der Waals surface area contributed by atoms with E-state index in [1.54, 1.807) is 12.4 Å². The number of halogens is 1. The third kappa shape index (κ3) is 3.29. The molecule has 0 radical (unpaired) electrons. The number of benzene rings is 1. The first kappa shape index (κ1) is 14.2. The molecule has 2 aromatic rings. The fraction of sp³-hybridized carbons (Fsp3) is 0.312. The zero-order chi connectivity index (χ0) is 14.7. The summed E-state index contributed by atoms with van der Waals surface area (Å²) in [6.45, 7) is 1.66. The number of Topliss-reactive ketones (excluding diaryl/α,β-unsaturated/α-hetero) is 1. The number of carbonyl (C=O) groups excluding carboxylic acids is 1. The van der Waals surface area contributed by atoms with Gasteiger partial charge in [0.25, 0.3) is 0 Å². The van der Waals surface area contributed by atoms with Crippen molar-refractivity contribution in [3.05, 3.63) is 52.8 Å². The van der Waals surface area contributed by atoms with Gasteiger partial charge in [-0.2, -0.15) is 0 Å². The van der Waals surface area contributed by atoms with Gasteiger partial charge in [0.05, 0.1) is 0 Å². The number of aromatic nitrogens is 2. The topological polar surface area (TPSA) is 46.1 Å². The van der Waals surface area contributed by atoms with Gasteiger partial charge in [-0.05, 0) is 31.0 Å². The van der Waals surface area contributed by atoms with Gasteiger partial charge in [-0.1, -0.05) is 28.1 Å². The molecule has 0 spiro atoms. The van der Waals surface area contributed by atoms with Crippen LogP contribution in [-0.4, -0.2) is 28.8 Å². The highest BCUT2D eigenvalue weighted by atomic mass is 79.9. The molecule has 3 rings (SSSR count).